The first-order valence-corrected chi connectivity index (χ1v) is 7.03. The number of rotatable bonds is 3. The predicted molar refractivity (Wildman–Crippen MR) is 76.4 cm³/mol. The first-order valence-electron chi connectivity index (χ1n) is 7.03. The van der Waals surface area contributed by atoms with Crippen LogP contribution in [0.2, 0.25) is 0 Å². The maximum absolute atomic E-state index is 5.55. The minimum atomic E-state index is 0.509. The van der Waals surface area contributed by atoms with Gasteiger partial charge in [-0.15, -0.1) is 0 Å². The summed E-state index contributed by atoms with van der Waals surface area (Å²) in [6, 6.07) is 5.15. The van der Waals surface area contributed by atoms with Gasteiger partial charge in [-0.05, 0) is 48.6 Å². The largest absolute Gasteiger partial charge is 0.496 e. The van der Waals surface area contributed by atoms with Gasteiger partial charge in [-0.3, -0.25) is 4.90 Å². The summed E-state index contributed by atoms with van der Waals surface area (Å²) in [6.07, 6.45) is 1.14. The van der Waals surface area contributed by atoms with Crippen molar-refractivity contribution in [1.29, 1.82) is 0 Å². The molecule has 100 valence electrons. The lowest BCUT2D eigenvalue weighted by Crippen LogP contribution is -2.33. The fraction of sp³-hybridized carbons (Fsp3) is 0.625. The van der Waals surface area contributed by atoms with E-state index in [0.717, 1.165) is 25.3 Å². The van der Waals surface area contributed by atoms with E-state index in [-0.39, 0.29) is 0 Å². The van der Waals surface area contributed by atoms with Gasteiger partial charge in [0.15, 0.2) is 0 Å². The Kier molecular flexibility index (Phi) is 3.96. The van der Waals surface area contributed by atoms with Crippen molar-refractivity contribution >= 4 is 0 Å². The third kappa shape index (κ3) is 2.26. The molecule has 1 aromatic rings. The van der Waals surface area contributed by atoms with Gasteiger partial charge in [-0.25, -0.2) is 0 Å². The molecule has 1 aliphatic rings. The second-order valence-corrected chi connectivity index (χ2v) is 5.50. The molecule has 1 aliphatic heterocycles. The van der Waals surface area contributed by atoms with Gasteiger partial charge >= 0.3 is 0 Å². The Balaban J connectivity index is 2.47. The molecular formula is C16H25NO. The lowest BCUT2D eigenvalue weighted by molar-refractivity contribution is 0.209. The summed E-state index contributed by atoms with van der Waals surface area (Å²) in [5.41, 5.74) is 4.29. The molecule has 1 unspecified atom stereocenters. The highest BCUT2D eigenvalue weighted by molar-refractivity contribution is 5.46. The zero-order valence-corrected chi connectivity index (χ0v) is 12.3. The molecule has 0 N–H and O–H groups in total. The number of hydrogen-bond donors (Lipinski definition) is 0. The number of hydrogen-bond acceptors (Lipinski definition) is 2. The molecule has 2 heteroatoms. The Labute approximate surface area is 111 Å². The normalized spacial score (nSPS) is 20.0. The zero-order chi connectivity index (χ0) is 13.3. The molecule has 0 radical (unpaired) electrons. The Hall–Kier alpha value is -1.02. The average molecular weight is 247 g/mol. The van der Waals surface area contributed by atoms with E-state index in [9.17, 15) is 0 Å². The maximum Gasteiger partial charge on any atom is 0.122 e. The summed E-state index contributed by atoms with van der Waals surface area (Å²) < 4.78 is 5.55. The van der Waals surface area contributed by atoms with Crippen molar-refractivity contribution in [3.05, 3.63) is 28.8 Å². The lowest BCUT2D eigenvalue weighted by atomic mass is 9.88. The summed E-state index contributed by atoms with van der Waals surface area (Å²) in [7, 11) is 1.78. The third-order valence-corrected chi connectivity index (χ3v) is 4.19. The van der Waals surface area contributed by atoms with Crippen LogP contribution in [0, 0.1) is 0 Å². The highest BCUT2D eigenvalue weighted by atomic mass is 16.5. The standard InChI is InChI=1S/C16H25NO/c1-6-17-8-7-13-9-16(18-5)14(11(2)3)10-15(13)12(17)4/h9-12H,6-8H2,1-5H3. The molecule has 0 saturated heterocycles. The smallest absolute Gasteiger partial charge is 0.122 e. The molecular weight excluding hydrogens is 222 g/mol. The van der Waals surface area contributed by atoms with Crippen LogP contribution >= 0.6 is 0 Å². The van der Waals surface area contributed by atoms with E-state index in [4.69, 9.17) is 4.74 Å². The van der Waals surface area contributed by atoms with Gasteiger partial charge in [-0.2, -0.15) is 0 Å². The highest BCUT2D eigenvalue weighted by Crippen LogP contribution is 2.36. The van der Waals surface area contributed by atoms with Gasteiger partial charge in [-0.1, -0.05) is 26.8 Å². The first-order chi connectivity index (χ1) is 8.58. The van der Waals surface area contributed by atoms with Crippen molar-refractivity contribution in [2.24, 2.45) is 0 Å². The lowest BCUT2D eigenvalue weighted by Gasteiger charge is -2.35. The van der Waals surface area contributed by atoms with Crippen LogP contribution in [0.15, 0.2) is 12.1 Å². The van der Waals surface area contributed by atoms with Gasteiger partial charge in [0.25, 0.3) is 0 Å². The Morgan fingerprint density at radius 2 is 2.11 bits per heavy atom. The van der Waals surface area contributed by atoms with Crippen molar-refractivity contribution in [1.82, 2.24) is 4.90 Å². The number of ether oxygens (including phenoxy) is 1. The molecule has 0 aliphatic carbocycles. The van der Waals surface area contributed by atoms with Gasteiger partial charge in [0, 0.05) is 12.6 Å². The molecule has 2 nitrogen and oxygen atoms in total. The summed E-state index contributed by atoms with van der Waals surface area (Å²) >= 11 is 0. The summed E-state index contributed by atoms with van der Waals surface area (Å²) in [6.45, 7) is 11.3. The molecule has 1 heterocycles. The third-order valence-electron chi connectivity index (χ3n) is 4.19. The molecule has 2 rings (SSSR count). The number of fused-ring (bicyclic) bond motifs is 1. The monoisotopic (exact) mass is 247 g/mol. The summed E-state index contributed by atoms with van der Waals surface area (Å²) in [4.78, 5) is 2.54. The molecule has 0 bridgehead atoms. The Morgan fingerprint density at radius 3 is 2.67 bits per heavy atom. The minimum absolute atomic E-state index is 0.509. The van der Waals surface area contributed by atoms with Crippen LogP contribution in [-0.2, 0) is 6.42 Å². The van der Waals surface area contributed by atoms with Crippen LogP contribution in [0.5, 0.6) is 5.75 Å². The molecule has 18 heavy (non-hydrogen) atoms. The SMILES string of the molecule is CCN1CCc2cc(OC)c(C(C)C)cc2C1C. The quantitative estimate of drug-likeness (QED) is 0.806. The van der Waals surface area contributed by atoms with Crippen LogP contribution in [-0.4, -0.2) is 25.1 Å². The van der Waals surface area contributed by atoms with E-state index in [0.29, 0.717) is 12.0 Å². The Bertz CT molecular complexity index is 425. The maximum atomic E-state index is 5.55. The Morgan fingerprint density at radius 1 is 1.39 bits per heavy atom. The summed E-state index contributed by atoms with van der Waals surface area (Å²) in [5.74, 6) is 1.57. The summed E-state index contributed by atoms with van der Waals surface area (Å²) in [5, 5.41) is 0. The fourth-order valence-electron chi connectivity index (χ4n) is 2.98. The van der Waals surface area contributed by atoms with Crippen molar-refractivity contribution in [2.45, 2.75) is 46.1 Å². The van der Waals surface area contributed by atoms with Gasteiger partial charge < -0.3 is 4.74 Å². The predicted octanol–water partition coefficient (Wildman–Crippen LogP) is 3.76. The van der Waals surface area contributed by atoms with Gasteiger partial charge in [0.1, 0.15) is 5.75 Å². The van der Waals surface area contributed by atoms with E-state index >= 15 is 0 Å². The molecule has 0 spiro atoms. The number of benzene rings is 1. The molecule has 1 atom stereocenters. The molecule has 0 aromatic heterocycles. The van der Waals surface area contributed by atoms with Crippen molar-refractivity contribution < 1.29 is 4.74 Å². The van der Waals surface area contributed by atoms with E-state index in [1.165, 1.54) is 16.7 Å². The van der Waals surface area contributed by atoms with Crippen LogP contribution in [0.4, 0.5) is 0 Å². The van der Waals surface area contributed by atoms with Crippen molar-refractivity contribution in [3.63, 3.8) is 0 Å². The number of methoxy groups -OCH3 is 1. The molecule has 0 amide bonds. The average Bonchev–Trinajstić information content (AvgIpc) is 2.37. The van der Waals surface area contributed by atoms with E-state index < -0.39 is 0 Å². The number of likely N-dealkylation sites (N-methyl/N-ethyl adjacent to an activating group) is 1. The second kappa shape index (κ2) is 5.31. The molecule has 0 saturated carbocycles. The van der Waals surface area contributed by atoms with Crippen LogP contribution in [0.3, 0.4) is 0 Å². The number of nitrogens with zero attached hydrogens (tertiary/aromatic N) is 1. The van der Waals surface area contributed by atoms with Crippen molar-refractivity contribution in [2.75, 3.05) is 20.2 Å². The van der Waals surface area contributed by atoms with E-state index in [1.807, 2.05) is 0 Å². The molecule has 0 fully saturated rings. The van der Waals surface area contributed by atoms with Crippen LogP contribution < -0.4 is 4.74 Å². The first kappa shape index (κ1) is 13.4. The van der Waals surface area contributed by atoms with Gasteiger partial charge in [0.05, 0.1) is 7.11 Å². The molecule has 1 aromatic carbocycles. The zero-order valence-electron chi connectivity index (χ0n) is 12.3. The van der Waals surface area contributed by atoms with Crippen molar-refractivity contribution in [3.8, 4) is 5.75 Å². The highest BCUT2D eigenvalue weighted by Gasteiger charge is 2.24. The van der Waals surface area contributed by atoms with Crippen LogP contribution in [0.1, 0.15) is 56.3 Å². The van der Waals surface area contributed by atoms with E-state index in [1.54, 1.807) is 7.11 Å². The van der Waals surface area contributed by atoms with E-state index in [2.05, 4.69) is 44.7 Å². The van der Waals surface area contributed by atoms with Gasteiger partial charge in [0.2, 0.25) is 0 Å². The fourth-order valence-corrected chi connectivity index (χ4v) is 2.98. The van der Waals surface area contributed by atoms with Crippen LogP contribution in [0.25, 0.3) is 0 Å². The minimum Gasteiger partial charge on any atom is -0.496 e. The second-order valence-electron chi connectivity index (χ2n) is 5.50. The topological polar surface area (TPSA) is 12.5 Å².